The van der Waals surface area contributed by atoms with Crippen LogP contribution < -0.4 is 0 Å². The van der Waals surface area contributed by atoms with Gasteiger partial charge in [-0.2, -0.15) is 8.42 Å². The fraction of sp³-hybridized carbons (Fsp3) is 0.444. The van der Waals surface area contributed by atoms with Crippen LogP contribution in [-0.2, 0) is 36.2 Å². The van der Waals surface area contributed by atoms with Crippen LogP contribution in [0.1, 0.15) is 17.6 Å². The summed E-state index contributed by atoms with van der Waals surface area (Å²) in [5.41, 5.74) is 0.583. The summed E-state index contributed by atoms with van der Waals surface area (Å²) < 4.78 is 36.8. The number of hydrogen-bond donors (Lipinski definition) is 0. The molecule has 0 fully saturated rings. The van der Waals surface area contributed by atoms with E-state index in [1.165, 1.54) is 23.9 Å². The lowest BCUT2D eigenvalue weighted by Crippen LogP contribution is -2.22. The highest BCUT2D eigenvalue weighted by Crippen LogP contribution is 2.32. The molecule has 6 nitrogen and oxygen atoms in total. The van der Waals surface area contributed by atoms with Gasteiger partial charge in [-0.3, -0.25) is 4.18 Å². The van der Waals surface area contributed by atoms with Crippen molar-refractivity contribution in [1.82, 2.24) is 4.98 Å². The van der Waals surface area contributed by atoms with Crippen molar-refractivity contribution in [2.75, 3.05) is 6.26 Å². The van der Waals surface area contributed by atoms with Crippen LogP contribution in [0.15, 0.2) is 17.9 Å². The summed E-state index contributed by atoms with van der Waals surface area (Å²) >= 11 is 1.29. The third-order valence-electron chi connectivity index (χ3n) is 2.05. The van der Waals surface area contributed by atoms with Crippen molar-refractivity contribution in [2.24, 2.45) is 0 Å². The monoisotopic (exact) mass is 277 g/mol. The van der Waals surface area contributed by atoms with E-state index in [0.29, 0.717) is 10.7 Å². The Bertz CT molecular complexity index is 525. The normalized spacial score (nSPS) is 17.8. The minimum atomic E-state index is -3.46. The molecule has 0 unspecified atom stereocenters. The van der Waals surface area contributed by atoms with E-state index in [2.05, 4.69) is 9.17 Å². The zero-order valence-corrected chi connectivity index (χ0v) is 10.9. The van der Waals surface area contributed by atoms with Gasteiger partial charge >= 0.3 is 0 Å². The molecular formula is C9H11NO5S2. The molecule has 1 aliphatic heterocycles. The van der Waals surface area contributed by atoms with Crippen LogP contribution in [0.25, 0.3) is 0 Å². The maximum atomic E-state index is 10.8. The van der Waals surface area contributed by atoms with Crippen LogP contribution >= 0.6 is 11.3 Å². The summed E-state index contributed by atoms with van der Waals surface area (Å²) in [7, 11) is -3.46. The third kappa shape index (κ3) is 2.96. The summed E-state index contributed by atoms with van der Waals surface area (Å²) in [5.74, 6) is -0.931. The van der Waals surface area contributed by atoms with Crippen molar-refractivity contribution in [3.05, 3.63) is 28.6 Å². The van der Waals surface area contributed by atoms with Gasteiger partial charge in [-0.1, -0.05) is 0 Å². The topological polar surface area (TPSA) is 74.7 Å². The molecular weight excluding hydrogens is 266 g/mol. The molecule has 0 aliphatic carbocycles. The predicted molar refractivity (Wildman–Crippen MR) is 60.4 cm³/mol. The summed E-state index contributed by atoms with van der Waals surface area (Å²) in [6.45, 7) is 1.65. The molecule has 94 valence electrons. The molecule has 2 rings (SSSR count). The molecule has 0 aromatic carbocycles. The Morgan fingerprint density at radius 3 is 2.71 bits per heavy atom. The first-order valence-electron chi connectivity index (χ1n) is 4.69. The van der Waals surface area contributed by atoms with Crippen LogP contribution in [0, 0.1) is 0 Å². The minimum absolute atomic E-state index is 0.0764. The molecule has 0 saturated heterocycles. The first-order valence-corrected chi connectivity index (χ1v) is 7.39. The maximum absolute atomic E-state index is 10.8. The van der Waals surface area contributed by atoms with Gasteiger partial charge in [0, 0.05) is 12.3 Å². The van der Waals surface area contributed by atoms with Gasteiger partial charge in [-0.05, 0) is 0 Å². The number of ether oxygens (including phenoxy) is 2. The zero-order chi connectivity index (χ0) is 12.5. The number of rotatable bonds is 4. The Labute approximate surface area is 103 Å². The van der Waals surface area contributed by atoms with E-state index in [4.69, 9.17) is 9.47 Å². The van der Waals surface area contributed by atoms with E-state index < -0.39 is 15.9 Å². The van der Waals surface area contributed by atoms with Crippen molar-refractivity contribution >= 4 is 21.5 Å². The van der Waals surface area contributed by atoms with E-state index in [1.807, 2.05) is 0 Å². The SMILES string of the molecule is CC1(c2csc(COS(C)(=O)=O)n2)OC=CO1. The molecule has 0 N–H and O–H groups in total. The lowest BCUT2D eigenvalue weighted by atomic mass is 10.2. The summed E-state index contributed by atoms with van der Waals surface area (Å²) in [6.07, 6.45) is 3.87. The number of hydrogen-bond acceptors (Lipinski definition) is 7. The van der Waals surface area contributed by atoms with Crippen molar-refractivity contribution in [3.63, 3.8) is 0 Å². The Kier molecular flexibility index (Phi) is 3.11. The lowest BCUT2D eigenvalue weighted by molar-refractivity contribution is -0.136. The van der Waals surface area contributed by atoms with E-state index in [-0.39, 0.29) is 6.61 Å². The number of nitrogens with zero attached hydrogens (tertiary/aromatic N) is 1. The van der Waals surface area contributed by atoms with Crippen LogP contribution in [0.3, 0.4) is 0 Å². The van der Waals surface area contributed by atoms with E-state index in [0.717, 1.165) is 6.26 Å². The molecule has 2 heterocycles. The van der Waals surface area contributed by atoms with Crippen molar-refractivity contribution in [2.45, 2.75) is 19.3 Å². The molecule has 0 bridgehead atoms. The Hall–Kier alpha value is -1.12. The second-order valence-corrected chi connectivity index (χ2v) is 6.13. The molecule has 0 saturated carbocycles. The first-order chi connectivity index (χ1) is 7.89. The molecule has 17 heavy (non-hydrogen) atoms. The average Bonchev–Trinajstić information content (AvgIpc) is 2.83. The van der Waals surface area contributed by atoms with Gasteiger partial charge in [0.15, 0.2) is 0 Å². The Morgan fingerprint density at radius 2 is 2.12 bits per heavy atom. The Balaban J connectivity index is 2.06. The van der Waals surface area contributed by atoms with Crippen molar-refractivity contribution < 1.29 is 22.1 Å². The molecule has 8 heteroatoms. The quantitative estimate of drug-likeness (QED) is 0.772. The van der Waals surface area contributed by atoms with Crippen LogP contribution in [0.4, 0.5) is 0 Å². The fourth-order valence-corrected chi connectivity index (χ4v) is 2.40. The fourth-order valence-electron chi connectivity index (χ4n) is 1.21. The van der Waals surface area contributed by atoms with E-state index >= 15 is 0 Å². The molecule has 0 atom stereocenters. The second-order valence-electron chi connectivity index (χ2n) is 3.55. The molecule has 1 aliphatic rings. The third-order valence-corrected chi connectivity index (χ3v) is 3.42. The van der Waals surface area contributed by atoms with Gasteiger partial charge < -0.3 is 9.47 Å². The molecule has 0 spiro atoms. The first kappa shape index (κ1) is 12.3. The Morgan fingerprint density at radius 1 is 1.47 bits per heavy atom. The number of thiazole rings is 1. The van der Waals surface area contributed by atoms with Crippen molar-refractivity contribution in [3.8, 4) is 0 Å². The second kappa shape index (κ2) is 4.28. The molecule has 1 aromatic rings. The zero-order valence-electron chi connectivity index (χ0n) is 9.24. The summed E-state index contributed by atoms with van der Waals surface area (Å²) in [6, 6.07) is 0. The lowest BCUT2D eigenvalue weighted by Gasteiger charge is -2.20. The number of aromatic nitrogens is 1. The van der Waals surface area contributed by atoms with E-state index in [1.54, 1.807) is 12.3 Å². The largest absolute Gasteiger partial charge is 0.452 e. The van der Waals surface area contributed by atoms with Crippen LogP contribution in [0.2, 0.25) is 0 Å². The van der Waals surface area contributed by atoms with Crippen LogP contribution in [-0.4, -0.2) is 19.7 Å². The predicted octanol–water partition coefficient (Wildman–Crippen LogP) is 1.31. The van der Waals surface area contributed by atoms with Gasteiger partial charge in [0.2, 0.25) is 0 Å². The summed E-state index contributed by atoms with van der Waals surface area (Å²) in [4.78, 5) is 4.21. The van der Waals surface area contributed by atoms with E-state index in [9.17, 15) is 8.42 Å². The molecule has 0 amide bonds. The van der Waals surface area contributed by atoms with Gasteiger partial charge in [0.1, 0.15) is 29.8 Å². The van der Waals surface area contributed by atoms with Gasteiger partial charge in [0.25, 0.3) is 15.9 Å². The summed E-state index contributed by atoms with van der Waals surface area (Å²) in [5, 5.41) is 2.29. The highest BCUT2D eigenvalue weighted by molar-refractivity contribution is 7.85. The highest BCUT2D eigenvalue weighted by Gasteiger charge is 2.34. The van der Waals surface area contributed by atoms with Gasteiger partial charge in [-0.25, -0.2) is 4.98 Å². The molecule has 1 aromatic heterocycles. The van der Waals surface area contributed by atoms with Crippen LogP contribution in [0.5, 0.6) is 0 Å². The molecule has 0 radical (unpaired) electrons. The minimum Gasteiger partial charge on any atom is -0.452 e. The standard InChI is InChI=1S/C9H11NO5S2/c1-9(13-3-4-14-9)7-6-16-8(10-7)5-15-17(2,11)12/h3-4,6H,5H2,1-2H3. The van der Waals surface area contributed by atoms with Gasteiger partial charge in [-0.15, -0.1) is 11.3 Å². The van der Waals surface area contributed by atoms with Crippen molar-refractivity contribution in [1.29, 1.82) is 0 Å². The smallest absolute Gasteiger partial charge is 0.291 e. The maximum Gasteiger partial charge on any atom is 0.291 e. The average molecular weight is 277 g/mol. The highest BCUT2D eigenvalue weighted by atomic mass is 32.2. The van der Waals surface area contributed by atoms with Gasteiger partial charge in [0.05, 0.1) is 6.26 Å².